The van der Waals surface area contributed by atoms with E-state index >= 15 is 0 Å². The van der Waals surface area contributed by atoms with Crippen LogP contribution in [0, 0.1) is 12.8 Å². The van der Waals surface area contributed by atoms with E-state index in [0.717, 1.165) is 13.2 Å². The Hall–Kier alpha value is -0.380. The first-order valence-electron chi connectivity index (χ1n) is 6.23. The van der Waals surface area contributed by atoms with Crippen molar-refractivity contribution in [2.75, 3.05) is 20.3 Å². The van der Waals surface area contributed by atoms with Gasteiger partial charge < -0.3 is 10.1 Å². The normalized spacial score (nSPS) is 22.4. The molecule has 0 spiro atoms. The predicted molar refractivity (Wildman–Crippen MR) is 74.2 cm³/mol. The Morgan fingerprint density at radius 2 is 2.29 bits per heavy atom. The van der Waals surface area contributed by atoms with Gasteiger partial charge in [-0.15, -0.1) is 0 Å². The van der Waals surface area contributed by atoms with Gasteiger partial charge in [0.15, 0.2) is 0 Å². The van der Waals surface area contributed by atoms with Crippen molar-refractivity contribution in [1.29, 1.82) is 0 Å². The van der Waals surface area contributed by atoms with Crippen LogP contribution < -0.4 is 5.32 Å². The number of aryl methyl sites for hydroxylation is 1. The van der Waals surface area contributed by atoms with Crippen molar-refractivity contribution in [2.45, 2.75) is 25.8 Å². The zero-order valence-corrected chi connectivity index (χ0v) is 12.1. The molecule has 2 atom stereocenters. The van der Waals surface area contributed by atoms with Gasteiger partial charge in [-0.05, 0) is 38.4 Å². The van der Waals surface area contributed by atoms with E-state index in [-0.39, 0.29) is 0 Å². The van der Waals surface area contributed by atoms with Gasteiger partial charge in [-0.3, -0.25) is 0 Å². The smallest absolute Gasteiger partial charge is 0.0512 e. The first-order chi connectivity index (χ1) is 8.22. The molecule has 2 nitrogen and oxygen atoms in total. The van der Waals surface area contributed by atoms with Gasteiger partial charge in [0, 0.05) is 23.0 Å². The average molecular weight is 298 g/mol. The van der Waals surface area contributed by atoms with Crippen LogP contribution in [-0.2, 0) is 4.74 Å². The number of nitrogens with one attached hydrogen (secondary N) is 1. The van der Waals surface area contributed by atoms with Crippen molar-refractivity contribution >= 4 is 15.9 Å². The number of benzene rings is 1. The van der Waals surface area contributed by atoms with Crippen LogP contribution in [0.4, 0.5) is 0 Å². The van der Waals surface area contributed by atoms with Crippen LogP contribution in [0.25, 0.3) is 0 Å². The molecule has 1 aromatic rings. The molecule has 1 fully saturated rings. The second-order valence-electron chi connectivity index (χ2n) is 4.77. The molecule has 3 heteroatoms. The summed E-state index contributed by atoms with van der Waals surface area (Å²) in [6.45, 7) is 3.92. The van der Waals surface area contributed by atoms with E-state index in [1.807, 2.05) is 7.05 Å². The van der Waals surface area contributed by atoms with Crippen LogP contribution in [0.2, 0.25) is 0 Å². The number of ether oxygens (including phenoxy) is 1. The standard InChI is InChI=1S/C14H20BrNO/c1-10-5-6-13(15)12(8-10)14(16-2)11-4-3-7-17-9-11/h5-6,8,11,14,16H,3-4,7,9H2,1-2H3. The molecule has 1 N–H and O–H groups in total. The summed E-state index contributed by atoms with van der Waals surface area (Å²) in [6, 6.07) is 6.92. The number of rotatable bonds is 3. The zero-order valence-electron chi connectivity index (χ0n) is 10.5. The van der Waals surface area contributed by atoms with Crippen LogP contribution in [0.3, 0.4) is 0 Å². The highest BCUT2D eigenvalue weighted by molar-refractivity contribution is 9.10. The van der Waals surface area contributed by atoms with E-state index in [9.17, 15) is 0 Å². The Bertz CT molecular complexity index is 374. The number of halogens is 1. The maximum Gasteiger partial charge on any atom is 0.0512 e. The van der Waals surface area contributed by atoms with Gasteiger partial charge in [0.2, 0.25) is 0 Å². The molecule has 1 heterocycles. The molecule has 0 radical (unpaired) electrons. The SMILES string of the molecule is CNC(c1cc(C)ccc1Br)C1CCCOC1. The molecule has 0 saturated carbocycles. The van der Waals surface area contributed by atoms with E-state index in [1.54, 1.807) is 0 Å². The fourth-order valence-electron chi connectivity index (χ4n) is 2.58. The van der Waals surface area contributed by atoms with Crippen LogP contribution in [0.5, 0.6) is 0 Å². The molecule has 2 rings (SSSR count). The molecular weight excluding hydrogens is 278 g/mol. The third-order valence-electron chi connectivity index (χ3n) is 3.46. The van der Waals surface area contributed by atoms with Gasteiger partial charge in [-0.25, -0.2) is 0 Å². The second kappa shape index (κ2) is 5.98. The summed E-state index contributed by atoms with van der Waals surface area (Å²) in [5, 5.41) is 3.45. The largest absolute Gasteiger partial charge is 0.381 e. The average Bonchev–Trinajstić information content (AvgIpc) is 2.36. The maximum atomic E-state index is 5.60. The molecule has 94 valence electrons. The monoisotopic (exact) mass is 297 g/mol. The molecular formula is C14H20BrNO. The highest BCUT2D eigenvalue weighted by atomic mass is 79.9. The van der Waals surface area contributed by atoms with Crippen LogP contribution in [-0.4, -0.2) is 20.3 Å². The summed E-state index contributed by atoms with van der Waals surface area (Å²) in [4.78, 5) is 0. The van der Waals surface area contributed by atoms with Gasteiger partial charge in [-0.2, -0.15) is 0 Å². The fourth-order valence-corrected chi connectivity index (χ4v) is 3.07. The summed E-state index contributed by atoms with van der Waals surface area (Å²) in [5.41, 5.74) is 2.66. The van der Waals surface area contributed by atoms with Crippen LogP contribution >= 0.6 is 15.9 Å². The molecule has 0 aliphatic carbocycles. The summed E-state index contributed by atoms with van der Waals surface area (Å²) in [6.07, 6.45) is 2.41. The molecule has 1 saturated heterocycles. The first kappa shape index (κ1) is 13.1. The lowest BCUT2D eigenvalue weighted by molar-refractivity contribution is 0.0401. The fraction of sp³-hybridized carbons (Fsp3) is 0.571. The summed E-state index contributed by atoms with van der Waals surface area (Å²) in [7, 11) is 2.04. The van der Waals surface area contributed by atoms with Crippen molar-refractivity contribution in [3.05, 3.63) is 33.8 Å². The van der Waals surface area contributed by atoms with Crippen molar-refractivity contribution < 1.29 is 4.74 Å². The van der Waals surface area contributed by atoms with Gasteiger partial charge in [-0.1, -0.05) is 33.6 Å². The molecule has 17 heavy (non-hydrogen) atoms. The van der Waals surface area contributed by atoms with Crippen LogP contribution in [0.1, 0.15) is 30.0 Å². The third kappa shape index (κ3) is 3.09. The Balaban J connectivity index is 2.24. The molecule has 2 unspecified atom stereocenters. The number of hydrogen-bond acceptors (Lipinski definition) is 2. The Morgan fingerprint density at radius 1 is 1.47 bits per heavy atom. The van der Waals surface area contributed by atoms with Gasteiger partial charge >= 0.3 is 0 Å². The molecule has 0 aromatic heterocycles. The number of hydrogen-bond donors (Lipinski definition) is 1. The van der Waals surface area contributed by atoms with Crippen LogP contribution in [0.15, 0.2) is 22.7 Å². The second-order valence-corrected chi connectivity index (χ2v) is 5.62. The lowest BCUT2D eigenvalue weighted by atomic mass is 9.88. The van der Waals surface area contributed by atoms with Gasteiger partial charge in [0.25, 0.3) is 0 Å². The highest BCUT2D eigenvalue weighted by Gasteiger charge is 2.25. The van der Waals surface area contributed by atoms with Crippen molar-refractivity contribution in [2.24, 2.45) is 5.92 Å². The van der Waals surface area contributed by atoms with Crippen molar-refractivity contribution in [3.8, 4) is 0 Å². The Labute approximate surface area is 112 Å². The van der Waals surface area contributed by atoms with E-state index in [1.165, 1.54) is 28.4 Å². The minimum absolute atomic E-state index is 0.379. The minimum Gasteiger partial charge on any atom is -0.381 e. The summed E-state index contributed by atoms with van der Waals surface area (Å²) >= 11 is 3.66. The highest BCUT2D eigenvalue weighted by Crippen LogP contribution is 2.33. The maximum absolute atomic E-state index is 5.60. The summed E-state index contributed by atoms with van der Waals surface area (Å²) in [5.74, 6) is 0.576. The van der Waals surface area contributed by atoms with E-state index in [4.69, 9.17) is 4.74 Å². The third-order valence-corrected chi connectivity index (χ3v) is 4.19. The summed E-state index contributed by atoms with van der Waals surface area (Å²) < 4.78 is 6.79. The lowest BCUT2D eigenvalue weighted by Gasteiger charge is -2.31. The lowest BCUT2D eigenvalue weighted by Crippen LogP contribution is -2.31. The Kier molecular flexibility index (Phi) is 4.60. The quantitative estimate of drug-likeness (QED) is 0.923. The Morgan fingerprint density at radius 3 is 2.94 bits per heavy atom. The van der Waals surface area contributed by atoms with Crippen molar-refractivity contribution in [3.63, 3.8) is 0 Å². The molecule has 1 aliphatic heterocycles. The van der Waals surface area contributed by atoms with E-state index < -0.39 is 0 Å². The molecule has 0 amide bonds. The van der Waals surface area contributed by atoms with E-state index in [2.05, 4.69) is 46.4 Å². The molecule has 1 aromatic carbocycles. The topological polar surface area (TPSA) is 21.3 Å². The van der Waals surface area contributed by atoms with Gasteiger partial charge in [0.1, 0.15) is 0 Å². The van der Waals surface area contributed by atoms with Gasteiger partial charge in [0.05, 0.1) is 6.61 Å². The van der Waals surface area contributed by atoms with E-state index in [0.29, 0.717) is 12.0 Å². The molecule has 0 bridgehead atoms. The predicted octanol–water partition coefficient (Wildman–Crippen LogP) is 3.44. The zero-order chi connectivity index (χ0) is 12.3. The minimum atomic E-state index is 0.379. The molecule has 1 aliphatic rings. The van der Waals surface area contributed by atoms with Crippen molar-refractivity contribution in [1.82, 2.24) is 5.32 Å². The first-order valence-corrected chi connectivity index (χ1v) is 7.02.